The van der Waals surface area contributed by atoms with Crippen LogP contribution in [0.5, 0.6) is 11.5 Å². The van der Waals surface area contributed by atoms with Gasteiger partial charge in [0.15, 0.2) is 11.5 Å². The molecule has 2 rings (SSSR count). The maximum absolute atomic E-state index is 5.86. The first-order chi connectivity index (χ1) is 12.5. The van der Waals surface area contributed by atoms with Gasteiger partial charge in [-0.15, -0.1) is 0 Å². The third kappa shape index (κ3) is 4.46. The van der Waals surface area contributed by atoms with E-state index in [0.29, 0.717) is 13.2 Å². The lowest BCUT2D eigenvalue weighted by atomic mass is 10.2. The van der Waals surface area contributed by atoms with Crippen molar-refractivity contribution >= 4 is 21.6 Å². The van der Waals surface area contributed by atoms with Crippen molar-refractivity contribution in [2.45, 2.75) is 53.9 Å². The van der Waals surface area contributed by atoms with Gasteiger partial charge < -0.3 is 14.4 Å². The van der Waals surface area contributed by atoms with Crippen LogP contribution in [0.1, 0.15) is 41.5 Å². The van der Waals surface area contributed by atoms with Gasteiger partial charge in [0.2, 0.25) is 0 Å². The highest BCUT2D eigenvalue weighted by atomic mass is 79.9. The lowest BCUT2D eigenvalue weighted by Crippen LogP contribution is -2.56. The zero-order valence-corrected chi connectivity index (χ0v) is 18.7. The number of hydrogen-bond acceptors (Lipinski definition) is 5. The zero-order chi connectivity index (χ0) is 19.3. The molecule has 5 nitrogen and oxygen atoms in total. The Kier molecular flexibility index (Phi) is 8.05. The van der Waals surface area contributed by atoms with E-state index in [9.17, 15) is 0 Å². The number of rotatable bonds is 9. The molecule has 2 atom stereocenters. The Morgan fingerprint density at radius 3 is 1.69 bits per heavy atom. The van der Waals surface area contributed by atoms with Gasteiger partial charge in [-0.3, -0.25) is 9.80 Å². The Morgan fingerprint density at radius 1 is 0.846 bits per heavy atom. The summed E-state index contributed by atoms with van der Waals surface area (Å²) < 4.78 is 12.6. The average Bonchev–Trinajstić information content (AvgIpc) is 2.64. The first-order valence-corrected chi connectivity index (χ1v) is 10.6. The monoisotopic (exact) mass is 427 g/mol. The van der Waals surface area contributed by atoms with Crippen LogP contribution >= 0.6 is 15.9 Å². The summed E-state index contributed by atoms with van der Waals surface area (Å²) in [5.41, 5.74) is 1.15. The number of anilines is 1. The molecule has 0 aromatic heterocycles. The first kappa shape index (κ1) is 21.3. The molecule has 1 aromatic rings. The molecule has 1 aliphatic rings. The third-order valence-electron chi connectivity index (χ3n) is 5.38. The fourth-order valence-electron chi connectivity index (χ4n) is 3.82. The molecule has 0 spiro atoms. The summed E-state index contributed by atoms with van der Waals surface area (Å²) in [6, 6.07) is 4.17. The topological polar surface area (TPSA) is 28.2 Å². The second kappa shape index (κ2) is 9.81. The number of hydrogen-bond donors (Lipinski definition) is 0. The molecular formula is C20H34BrN3O2. The molecule has 0 aliphatic carbocycles. The second-order valence-electron chi connectivity index (χ2n) is 6.56. The van der Waals surface area contributed by atoms with Crippen molar-refractivity contribution < 1.29 is 9.47 Å². The van der Waals surface area contributed by atoms with E-state index in [4.69, 9.17) is 9.47 Å². The van der Waals surface area contributed by atoms with E-state index >= 15 is 0 Å². The molecule has 0 N–H and O–H groups in total. The van der Waals surface area contributed by atoms with E-state index in [1.54, 1.807) is 0 Å². The highest BCUT2D eigenvalue weighted by molar-refractivity contribution is 9.10. The van der Waals surface area contributed by atoms with Crippen LogP contribution in [0.2, 0.25) is 0 Å². The molecule has 148 valence electrons. The average molecular weight is 428 g/mol. The van der Waals surface area contributed by atoms with E-state index in [1.165, 1.54) is 0 Å². The lowest BCUT2D eigenvalue weighted by Gasteiger charge is -2.46. The van der Waals surface area contributed by atoms with E-state index < -0.39 is 0 Å². The van der Waals surface area contributed by atoms with Gasteiger partial charge in [0.25, 0.3) is 0 Å². The zero-order valence-electron chi connectivity index (χ0n) is 17.1. The minimum Gasteiger partial charge on any atom is -0.486 e. The van der Waals surface area contributed by atoms with Crippen LogP contribution < -0.4 is 14.4 Å². The number of fused-ring (bicyclic) bond motifs is 1. The van der Waals surface area contributed by atoms with Gasteiger partial charge in [0.1, 0.15) is 13.2 Å². The molecule has 1 aliphatic heterocycles. The van der Waals surface area contributed by atoms with E-state index in [2.05, 4.69) is 78.2 Å². The van der Waals surface area contributed by atoms with Crippen LogP contribution in [0.3, 0.4) is 0 Å². The molecule has 1 aromatic carbocycles. The third-order valence-corrected chi connectivity index (χ3v) is 6.01. The van der Waals surface area contributed by atoms with Crippen molar-refractivity contribution in [2.75, 3.05) is 44.3 Å². The van der Waals surface area contributed by atoms with Crippen LogP contribution in [0.25, 0.3) is 0 Å². The molecule has 0 bridgehead atoms. The fourth-order valence-corrected chi connectivity index (χ4v) is 4.35. The van der Waals surface area contributed by atoms with Crippen molar-refractivity contribution in [1.82, 2.24) is 9.80 Å². The van der Waals surface area contributed by atoms with Gasteiger partial charge >= 0.3 is 0 Å². The number of ether oxygens (including phenoxy) is 2. The quantitative estimate of drug-likeness (QED) is 0.544. The van der Waals surface area contributed by atoms with Crippen LogP contribution in [0, 0.1) is 0 Å². The Labute approximate surface area is 167 Å². The standard InChI is InChI=1S/C20H34BrN3O2/c1-7-22(8-2)15(5)24(16(6)23(9-3)10-4)18-14-20-19(13-17(18)21)25-11-12-26-20/h13-16H,7-12H2,1-6H3. The molecule has 6 heteroatoms. The van der Waals surface area contributed by atoms with E-state index in [1.807, 2.05) is 6.07 Å². The highest BCUT2D eigenvalue weighted by Crippen LogP contribution is 2.41. The molecule has 0 radical (unpaired) electrons. The smallest absolute Gasteiger partial charge is 0.163 e. The molecule has 26 heavy (non-hydrogen) atoms. The van der Waals surface area contributed by atoms with Crippen molar-refractivity contribution in [3.05, 3.63) is 16.6 Å². The SMILES string of the molecule is CCN(CC)C(C)N(c1cc2c(cc1Br)OCCO2)C(C)N(CC)CC. The predicted octanol–water partition coefficient (Wildman–Crippen LogP) is 4.40. The lowest BCUT2D eigenvalue weighted by molar-refractivity contribution is 0.154. The highest BCUT2D eigenvalue weighted by Gasteiger charge is 2.30. The van der Waals surface area contributed by atoms with Crippen molar-refractivity contribution in [3.8, 4) is 11.5 Å². The normalized spacial score (nSPS) is 16.0. The first-order valence-electron chi connectivity index (χ1n) is 9.83. The number of nitrogens with zero attached hydrogens (tertiary/aromatic N) is 3. The van der Waals surface area contributed by atoms with Gasteiger partial charge in [-0.25, -0.2) is 0 Å². The largest absolute Gasteiger partial charge is 0.486 e. The van der Waals surface area contributed by atoms with Gasteiger partial charge in [-0.05, 0) is 56.0 Å². The molecule has 0 saturated heterocycles. The van der Waals surface area contributed by atoms with Gasteiger partial charge in [-0.1, -0.05) is 27.7 Å². The molecule has 2 unspecified atom stereocenters. The summed E-state index contributed by atoms with van der Waals surface area (Å²) in [7, 11) is 0. The molecular weight excluding hydrogens is 394 g/mol. The van der Waals surface area contributed by atoms with Crippen LogP contribution in [0.15, 0.2) is 16.6 Å². The Balaban J connectivity index is 2.49. The van der Waals surface area contributed by atoms with Crippen molar-refractivity contribution in [3.63, 3.8) is 0 Å². The number of benzene rings is 1. The van der Waals surface area contributed by atoms with E-state index in [0.717, 1.165) is 47.8 Å². The maximum atomic E-state index is 5.86. The fraction of sp³-hybridized carbons (Fsp3) is 0.700. The minimum atomic E-state index is 0.263. The summed E-state index contributed by atoms with van der Waals surface area (Å²) in [5, 5.41) is 0. The van der Waals surface area contributed by atoms with Gasteiger partial charge in [0, 0.05) is 16.6 Å². The summed E-state index contributed by atoms with van der Waals surface area (Å²) in [4.78, 5) is 7.44. The van der Waals surface area contributed by atoms with Crippen LogP contribution in [0.4, 0.5) is 5.69 Å². The number of halogens is 1. The summed E-state index contributed by atoms with van der Waals surface area (Å²) >= 11 is 3.78. The molecule has 0 fully saturated rings. The molecule has 0 amide bonds. The maximum Gasteiger partial charge on any atom is 0.163 e. The van der Waals surface area contributed by atoms with Gasteiger partial charge in [-0.2, -0.15) is 0 Å². The summed E-state index contributed by atoms with van der Waals surface area (Å²) in [5.74, 6) is 1.65. The van der Waals surface area contributed by atoms with Crippen LogP contribution in [-0.4, -0.2) is 61.5 Å². The Bertz CT molecular complexity index is 558. The Morgan fingerprint density at radius 2 is 1.27 bits per heavy atom. The minimum absolute atomic E-state index is 0.263. The van der Waals surface area contributed by atoms with Gasteiger partial charge in [0.05, 0.1) is 18.0 Å². The molecule has 1 heterocycles. The van der Waals surface area contributed by atoms with E-state index in [-0.39, 0.29) is 12.3 Å². The second-order valence-corrected chi connectivity index (χ2v) is 7.42. The summed E-state index contributed by atoms with van der Waals surface area (Å²) in [6.07, 6.45) is 0.527. The van der Waals surface area contributed by atoms with Crippen molar-refractivity contribution in [2.24, 2.45) is 0 Å². The van der Waals surface area contributed by atoms with Crippen LogP contribution in [-0.2, 0) is 0 Å². The molecule has 0 saturated carbocycles. The predicted molar refractivity (Wildman–Crippen MR) is 112 cm³/mol. The Hall–Kier alpha value is -0.980. The van der Waals surface area contributed by atoms with Crippen molar-refractivity contribution in [1.29, 1.82) is 0 Å². The summed E-state index contributed by atoms with van der Waals surface area (Å²) in [6.45, 7) is 18.7.